The number of allylic oxidation sites excluding steroid dienone is 3. The number of rotatable bonds is 3. The van der Waals surface area contributed by atoms with Crippen LogP contribution in [0.4, 0.5) is 0 Å². The number of likely N-dealkylation sites (N-methyl/N-ethyl adjacent to an activating group) is 1. The fourth-order valence-corrected chi connectivity index (χ4v) is 1.84. The molecule has 0 amide bonds. The Labute approximate surface area is 86.2 Å². The molecule has 2 nitrogen and oxygen atoms in total. The molecule has 1 heterocycles. The highest BCUT2D eigenvalue weighted by atomic mass is 16.5. The first kappa shape index (κ1) is 9.78. The van der Waals surface area contributed by atoms with Crippen LogP contribution in [0.25, 0.3) is 0 Å². The van der Waals surface area contributed by atoms with Crippen LogP contribution >= 0.6 is 0 Å². The SMILES string of the molecule is CCN1CC(OC2=CC[CH]C=C2C)C1. The van der Waals surface area contributed by atoms with E-state index in [-0.39, 0.29) is 0 Å². The zero-order valence-corrected chi connectivity index (χ0v) is 8.99. The molecule has 0 aromatic carbocycles. The van der Waals surface area contributed by atoms with Crippen molar-refractivity contribution in [2.75, 3.05) is 19.6 Å². The monoisotopic (exact) mass is 192 g/mol. The molecule has 1 radical (unpaired) electrons. The van der Waals surface area contributed by atoms with Crippen LogP contribution < -0.4 is 0 Å². The van der Waals surface area contributed by atoms with Gasteiger partial charge in [-0.3, -0.25) is 4.90 Å². The normalized spacial score (nSPS) is 23.9. The van der Waals surface area contributed by atoms with Gasteiger partial charge < -0.3 is 4.74 Å². The van der Waals surface area contributed by atoms with Crippen LogP contribution in [-0.2, 0) is 4.74 Å². The molecule has 14 heavy (non-hydrogen) atoms. The van der Waals surface area contributed by atoms with Gasteiger partial charge in [0.1, 0.15) is 11.9 Å². The van der Waals surface area contributed by atoms with Crippen LogP contribution in [0.2, 0.25) is 0 Å². The summed E-state index contributed by atoms with van der Waals surface area (Å²) in [5.41, 5.74) is 1.26. The minimum absolute atomic E-state index is 0.419. The molecule has 0 N–H and O–H groups in total. The van der Waals surface area contributed by atoms with Crippen LogP contribution in [0, 0.1) is 6.42 Å². The lowest BCUT2D eigenvalue weighted by Gasteiger charge is -2.39. The first-order valence-corrected chi connectivity index (χ1v) is 5.39. The van der Waals surface area contributed by atoms with E-state index in [4.69, 9.17) is 4.74 Å². The Balaban J connectivity index is 1.81. The van der Waals surface area contributed by atoms with Crippen molar-refractivity contribution in [1.29, 1.82) is 0 Å². The first-order valence-electron chi connectivity index (χ1n) is 5.39. The maximum absolute atomic E-state index is 5.90. The highest BCUT2D eigenvalue weighted by Crippen LogP contribution is 2.23. The van der Waals surface area contributed by atoms with E-state index in [1.807, 2.05) is 0 Å². The third-order valence-corrected chi connectivity index (χ3v) is 2.86. The van der Waals surface area contributed by atoms with Crippen molar-refractivity contribution in [1.82, 2.24) is 4.90 Å². The number of hydrogen-bond acceptors (Lipinski definition) is 2. The number of ether oxygens (including phenoxy) is 1. The summed E-state index contributed by atoms with van der Waals surface area (Å²) in [6.07, 6.45) is 7.91. The van der Waals surface area contributed by atoms with Crippen molar-refractivity contribution in [2.45, 2.75) is 26.4 Å². The molecule has 0 spiro atoms. The summed E-state index contributed by atoms with van der Waals surface area (Å²) in [5.74, 6) is 1.09. The van der Waals surface area contributed by atoms with Crippen molar-refractivity contribution in [3.05, 3.63) is 29.9 Å². The van der Waals surface area contributed by atoms with Crippen molar-refractivity contribution in [2.24, 2.45) is 0 Å². The third-order valence-electron chi connectivity index (χ3n) is 2.86. The Morgan fingerprint density at radius 3 is 2.93 bits per heavy atom. The van der Waals surface area contributed by atoms with Crippen LogP contribution in [0.1, 0.15) is 20.3 Å². The minimum atomic E-state index is 0.419. The van der Waals surface area contributed by atoms with Gasteiger partial charge >= 0.3 is 0 Å². The lowest BCUT2D eigenvalue weighted by Crippen LogP contribution is -2.51. The fourth-order valence-electron chi connectivity index (χ4n) is 1.84. The molecule has 0 atom stereocenters. The van der Waals surface area contributed by atoms with E-state index in [1.165, 1.54) is 5.57 Å². The molecule has 1 aliphatic heterocycles. The Hall–Kier alpha value is -0.760. The van der Waals surface area contributed by atoms with Gasteiger partial charge in [-0.25, -0.2) is 0 Å². The number of nitrogens with zero attached hydrogens (tertiary/aromatic N) is 1. The summed E-state index contributed by atoms with van der Waals surface area (Å²) in [6, 6.07) is 0. The Kier molecular flexibility index (Phi) is 2.92. The summed E-state index contributed by atoms with van der Waals surface area (Å²) in [4.78, 5) is 2.39. The lowest BCUT2D eigenvalue weighted by atomic mass is 10.1. The molecule has 1 fully saturated rings. The van der Waals surface area contributed by atoms with Gasteiger partial charge in [-0.1, -0.05) is 13.0 Å². The van der Waals surface area contributed by atoms with Gasteiger partial charge in [0.25, 0.3) is 0 Å². The van der Waals surface area contributed by atoms with Gasteiger partial charge in [0.2, 0.25) is 0 Å². The average Bonchev–Trinajstić information content (AvgIpc) is 2.13. The van der Waals surface area contributed by atoms with Gasteiger partial charge in [-0.15, -0.1) is 0 Å². The highest BCUT2D eigenvalue weighted by Gasteiger charge is 2.27. The summed E-state index contributed by atoms with van der Waals surface area (Å²) >= 11 is 0. The standard InChI is InChI=1S/C12H18NO/c1-3-13-8-11(9-13)14-12-7-5-4-6-10(12)2/h4,6-7,11H,3,5,8-9H2,1-2H3. The lowest BCUT2D eigenvalue weighted by molar-refractivity contribution is -0.0161. The summed E-state index contributed by atoms with van der Waals surface area (Å²) in [7, 11) is 0. The first-order chi connectivity index (χ1) is 6.79. The molecule has 2 aliphatic rings. The average molecular weight is 192 g/mol. The molecule has 2 heteroatoms. The number of likely N-dealkylation sites (tertiary alicyclic amines) is 1. The van der Waals surface area contributed by atoms with E-state index in [0.717, 1.165) is 31.8 Å². The Morgan fingerprint density at radius 2 is 2.29 bits per heavy atom. The van der Waals surface area contributed by atoms with E-state index < -0.39 is 0 Å². The molecule has 2 rings (SSSR count). The van der Waals surface area contributed by atoms with E-state index in [2.05, 4.69) is 37.3 Å². The molecule has 0 unspecified atom stereocenters. The molecule has 0 saturated carbocycles. The molecule has 1 aliphatic carbocycles. The Morgan fingerprint density at radius 1 is 1.50 bits per heavy atom. The second kappa shape index (κ2) is 4.18. The molecule has 0 aromatic heterocycles. The topological polar surface area (TPSA) is 12.5 Å². The zero-order chi connectivity index (χ0) is 9.97. The van der Waals surface area contributed by atoms with Crippen molar-refractivity contribution < 1.29 is 4.74 Å². The predicted molar refractivity (Wildman–Crippen MR) is 57.7 cm³/mol. The maximum atomic E-state index is 5.90. The quantitative estimate of drug-likeness (QED) is 0.679. The van der Waals surface area contributed by atoms with Gasteiger partial charge in [0, 0.05) is 13.1 Å². The van der Waals surface area contributed by atoms with Gasteiger partial charge in [-0.2, -0.15) is 0 Å². The van der Waals surface area contributed by atoms with Crippen LogP contribution in [0.5, 0.6) is 0 Å². The molecule has 0 aromatic rings. The van der Waals surface area contributed by atoms with Crippen molar-refractivity contribution in [3.63, 3.8) is 0 Å². The zero-order valence-electron chi connectivity index (χ0n) is 8.99. The summed E-state index contributed by atoms with van der Waals surface area (Å²) in [6.45, 7) is 7.62. The maximum Gasteiger partial charge on any atom is 0.124 e. The highest BCUT2D eigenvalue weighted by molar-refractivity contribution is 5.31. The van der Waals surface area contributed by atoms with E-state index in [9.17, 15) is 0 Å². The Bertz CT molecular complexity index is 261. The van der Waals surface area contributed by atoms with Gasteiger partial charge in [0.15, 0.2) is 0 Å². The summed E-state index contributed by atoms with van der Waals surface area (Å²) in [5, 5.41) is 0. The smallest absolute Gasteiger partial charge is 0.124 e. The second-order valence-corrected chi connectivity index (χ2v) is 3.98. The van der Waals surface area contributed by atoms with E-state index in [0.29, 0.717) is 6.10 Å². The minimum Gasteiger partial charge on any atom is -0.488 e. The second-order valence-electron chi connectivity index (χ2n) is 3.98. The van der Waals surface area contributed by atoms with E-state index in [1.54, 1.807) is 0 Å². The van der Waals surface area contributed by atoms with Crippen LogP contribution in [0.15, 0.2) is 23.5 Å². The van der Waals surface area contributed by atoms with Gasteiger partial charge in [-0.05, 0) is 38.0 Å². The molecular formula is C12H18NO. The fraction of sp³-hybridized carbons (Fsp3) is 0.583. The van der Waals surface area contributed by atoms with Crippen molar-refractivity contribution in [3.8, 4) is 0 Å². The number of hydrogen-bond donors (Lipinski definition) is 0. The molecule has 0 bridgehead atoms. The van der Waals surface area contributed by atoms with E-state index >= 15 is 0 Å². The van der Waals surface area contributed by atoms with Crippen LogP contribution in [-0.4, -0.2) is 30.6 Å². The van der Waals surface area contributed by atoms with Crippen molar-refractivity contribution >= 4 is 0 Å². The van der Waals surface area contributed by atoms with Crippen LogP contribution in [0.3, 0.4) is 0 Å². The van der Waals surface area contributed by atoms with Gasteiger partial charge in [0.05, 0.1) is 0 Å². The largest absolute Gasteiger partial charge is 0.488 e. The molecular weight excluding hydrogens is 174 g/mol. The third kappa shape index (κ3) is 2.01. The predicted octanol–water partition coefficient (Wildman–Crippen LogP) is 2.15. The summed E-state index contributed by atoms with van der Waals surface area (Å²) < 4.78 is 5.90. The molecule has 77 valence electrons. The molecule has 1 saturated heterocycles.